The van der Waals surface area contributed by atoms with Crippen molar-refractivity contribution >= 4 is 5.91 Å². The van der Waals surface area contributed by atoms with Gasteiger partial charge in [0.2, 0.25) is 5.91 Å². The van der Waals surface area contributed by atoms with Crippen LogP contribution in [0.1, 0.15) is 46.1 Å². The molecule has 0 aromatic carbocycles. The van der Waals surface area contributed by atoms with Crippen LogP contribution in [0.2, 0.25) is 0 Å². The highest BCUT2D eigenvalue weighted by Crippen LogP contribution is 2.23. The van der Waals surface area contributed by atoms with Crippen LogP contribution in [0.3, 0.4) is 0 Å². The molecule has 1 amide bonds. The quantitative estimate of drug-likeness (QED) is 0.868. The van der Waals surface area contributed by atoms with E-state index in [0.29, 0.717) is 12.5 Å². The molecule has 2 atom stereocenters. The van der Waals surface area contributed by atoms with E-state index < -0.39 is 6.04 Å². The Balaban J connectivity index is 2.68. The van der Waals surface area contributed by atoms with Crippen LogP contribution in [0.15, 0.2) is 24.5 Å². The molecule has 0 bridgehead atoms. The van der Waals surface area contributed by atoms with Gasteiger partial charge in [-0.3, -0.25) is 9.78 Å². The zero-order chi connectivity index (χ0) is 15.3. The highest BCUT2D eigenvalue weighted by Gasteiger charge is 2.28. The van der Waals surface area contributed by atoms with Crippen molar-refractivity contribution in [2.45, 2.75) is 46.6 Å². The molecule has 1 aromatic rings. The number of hydrogen-bond acceptors (Lipinski definition) is 3. The Hall–Kier alpha value is -1.42. The summed E-state index contributed by atoms with van der Waals surface area (Å²) in [6.45, 7) is 10.8. The van der Waals surface area contributed by atoms with Crippen molar-refractivity contribution in [2.75, 3.05) is 6.54 Å². The van der Waals surface area contributed by atoms with Crippen LogP contribution in [0.25, 0.3) is 0 Å². The van der Waals surface area contributed by atoms with Crippen molar-refractivity contribution in [1.29, 1.82) is 0 Å². The summed E-state index contributed by atoms with van der Waals surface area (Å²) in [4.78, 5) is 16.2. The predicted octanol–water partition coefficient (Wildman–Crippen LogP) is 2.31. The van der Waals surface area contributed by atoms with Crippen molar-refractivity contribution in [2.24, 2.45) is 17.1 Å². The topological polar surface area (TPSA) is 68.0 Å². The number of pyridine rings is 1. The second-order valence-corrected chi connectivity index (χ2v) is 6.73. The molecule has 1 aromatic heterocycles. The van der Waals surface area contributed by atoms with Gasteiger partial charge >= 0.3 is 0 Å². The third kappa shape index (κ3) is 4.60. The van der Waals surface area contributed by atoms with Crippen molar-refractivity contribution in [3.05, 3.63) is 30.1 Å². The Labute approximate surface area is 122 Å². The summed E-state index contributed by atoms with van der Waals surface area (Å²) < 4.78 is 0. The van der Waals surface area contributed by atoms with Gasteiger partial charge in [0.15, 0.2) is 0 Å². The van der Waals surface area contributed by atoms with Crippen LogP contribution in [0.5, 0.6) is 0 Å². The van der Waals surface area contributed by atoms with Gasteiger partial charge in [0.05, 0.1) is 6.04 Å². The molecule has 0 spiro atoms. The standard InChI is InChI=1S/C16H27N3O/c1-11(2)13(12-7-6-8-18-9-12)10-19-15(20)14(17)16(3,4)5/h6-9,11,13-14H,10,17H2,1-5H3,(H,19,20)/t13?,14-/m1/s1. The van der Waals surface area contributed by atoms with Crippen LogP contribution in [0.4, 0.5) is 0 Å². The molecule has 0 fully saturated rings. The number of nitrogens with zero attached hydrogens (tertiary/aromatic N) is 1. The summed E-state index contributed by atoms with van der Waals surface area (Å²) in [6, 6.07) is 3.48. The molecule has 4 heteroatoms. The molecule has 3 N–H and O–H groups in total. The maximum Gasteiger partial charge on any atom is 0.237 e. The smallest absolute Gasteiger partial charge is 0.237 e. The molecule has 4 nitrogen and oxygen atoms in total. The van der Waals surface area contributed by atoms with Crippen LogP contribution >= 0.6 is 0 Å². The summed E-state index contributed by atoms with van der Waals surface area (Å²) in [6.07, 6.45) is 3.62. The van der Waals surface area contributed by atoms with Gasteiger partial charge in [-0.15, -0.1) is 0 Å². The van der Waals surface area contributed by atoms with Crippen molar-refractivity contribution < 1.29 is 4.79 Å². The second-order valence-electron chi connectivity index (χ2n) is 6.73. The summed E-state index contributed by atoms with van der Waals surface area (Å²) in [5, 5.41) is 2.98. The molecule has 0 saturated carbocycles. The molecule has 1 heterocycles. The van der Waals surface area contributed by atoms with E-state index in [1.165, 1.54) is 0 Å². The minimum Gasteiger partial charge on any atom is -0.354 e. The van der Waals surface area contributed by atoms with Gasteiger partial charge in [-0.1, -0.05) is 40.7 Å². The Morgan fingerprint density at radius 3 is 2.50 bits per heavy atom. The third-order valence-corrected chi connectivity index (χ3v) is 3.63. The Kier molecular flexibility index (Phi) is 5.69. The average molecular weight is 277 g/mol. The van der Waals surface area contributed by atoms with Gasteiger partial charge in [-0.2, -0.15) is 0 Å². The summed E-state index contributed by atoms with van der Waals surface area (Å²) >= 11 is 0. The maximum atomic E-state index is 12.1. The van der Waals surface area contributed by atoms with E-state index in [0.717, 1.165) is 5.56 Å². The molecule has 0 aliphatic heterocycles. The van der Waals surface area contributed by atoms with Crippen LogP contribution < -0.4 is 11.1 Å². The molecule has 0 aliphatic carbocycles. The average Bonchev–Trinajstić information content (AvgIpc) is 2.37. The fourth-order valence-electron chi connectivity index (χ4n) is 2.05. The van der Waals surface area contributed by atoms with Gasteiger partial charge in [0.1, 0.15) is 0 Å². The number of hydrogen-bond donors (Lipinski definition) is 2. The number of nitrogens with two attached hydrogens (primary N) is 1. The van der Waals surface area contributed by atoms with Crippen molar-refractivity contribution in [3.8, 4) is 0 Å². The number of aromatic nitrogens is 1. The lowest BCUT2D eigenvalue weighted by molar-refractivity contribution is -0.124. The summed E-state index contributed by atoms with van der Waals surface area (Å²) in [5.41, 5.74) is 6.89. The highest BCUT2D eigenvalue weighted by atomic mass is 16.2. The van der Waals surface area contributed by atoms with E-state index in [1.54, 1.807) is 6.20 Å². The number of carbonyl (C=O) groups is 1. The zero-order valence-corrected chi connectivity index (χ0v) is 13.2. The van der Waals surface area contributed by atoms with Crippen LogP contribution in [-0.4, -0.2) is 23.5 Å². The van der Waals surface area contributed by atoms with E-state index in [4.69, 9.17) is 5.73 Å². The number of rotatable bonds is 5. The van der Waals surface area contributed by atoms with Gasteiger partial charge in [0.25, 0.3) is 0 Å². The first-order valence-corrected chi connectivity index (χ1v) is 7.16. The minimum atomic E-state index is -0.496. The predicted molar refractivity (Wildman–Crippen MR) is 82.3 cm³/mol. The zero-order valence-electron chi connectivity index (χ0n) is 13.2. The molecule has 20 heavy (non-hydrogen) atoms. The number of nitrogens with one attached hydrogen (secondary N) is 1. The first-order valence-electron chi connectivity index (χ1n) is 7.16. The lowest BCUT2D eigenvalue weighted by atomic mass is 9.86. The molecule has 1 rings (SSSR count). The molecule has 0 saturated heterocycles. The second kappa shape index (κ2) is 6.84. The molecule has 0 radical (unpaired) electrons. The van der Waals surface area contributed by atoms with Gasteiger partial charge in [-0.25, -0.2) is 0 Å². The van der Waals surface area contributed by atoms with Crippen LogP contribution in [-0.2, 0) is 4.79 Å². The SMILES string of the molecule is CC(C)C(CNC(=O)[C@@H](N)C(C)(C)C)c1cccnc1. The van der Waals surface area contributed by atoms with E-state index in [2.05, 4.69) is 24.1 Å². The van der Waals surface area contributed by atoms with E-state index in [9.17, 15) is 4.79 Å². The van der Waals surface area contributed by atoms with Gasteiger partial charge in [0, 0.05) is 24.9 Å². The fraction of sp³-hybridized carbons (Fsp3) is 0.625. The Morgan fingerprint density at radius 1 is 1.40 bits per heavy atom. The Bertz CT molecular complexity index is 423. The number of amides is 1. The monoisotopic (exact) mass is 277 g/mol. The van der Waals surface area contributed by atoms with E-state index >= 15 is 0 Å². The minimum absolute atomic E-state index is 0.0907. The number of carbonyl (C=O) groups excluding carboxylic acids is 1. The lowest BCUT2D eigenvalue weighted by Gasteiger charge is -2.28. The van der Waals surface area contributed by atoms with Crippen molar-refractivity contribution in [1.82, 2.24) is 10.3 Å². The largest absolute Gasteiger partial charge is 0.354 e. The van der Waals surface area contributed by atoms with Gasteiger partial charge < -0.3 is 11.1 Å². The first-order chi connectivity index (χ1) is 9.23. The van der Waals surface area contributed by atoms with Crippen LogP contribution in [0, 0.1) is 11.3 Å². The molecule has 1 unspecified atom stereocenters. The summed E-state index contributed by atoms with van der Waals surface area (Å²) in [7, 11) is 0. The maximum absolute atomic E-state index is 12.1. The molecule has 0 aliphatic rings. The third-order valence-electron chi connectivity index (χ3n) is 3.63. The van der Waals surface area contributed by atoms with Crippen molar-refractivity contribution in [3.63, 3.8) is 0 Å². The Morgan fingerprint density at radius 2 is 2.05 bits per heavy atom. The molecule has 112 valence electrons. The lowest BCUT2D eigenvalue weighted by Crippen LogP contribution is -2.49. The van der Waals surface area contributed by atoms with E-state index in [-0.39, 0.29) is 17.2 Å². The molecular formula is C16H27N3O. The fourth-order valence-corrected chi connectivity index (χ4v) is 2.05. The normalized spacial score (nSPS) is 14.9. The molecular weight excluding hydrogens is 250 g/mol. The van der Waals surface area contributed by atoms with Gasteiger partial charge in [-0.05, 0) is 23.0 Å². The van der Waals surface area contributed by atoms with E-state index in [1.807, 2.05) is 39.1 Å². The first kappa shape index (κ1) is 16.6. The summed E-state index contributed by atoms with van der Waals surface area (Å²) in [5.74, 6) is 0.581. The highest BCUT2D eigenvalue weighted by molar-refractivity contribution is 5.82.